The molecule has 0 saturated heterocycles. The van der Waals surface area contributed by atoms with Crippen molar-refractivity contribution < 1.29 is 9.18 Å². The number of nitrogens with one attached hydrogen (secondary N) is 1. The summed E-state index contributed by atoms with van der Waals surface area (Å²) in [4.78, 5) is 17.1. The van der Waals surface area contributed by atoms with Crippen molar-refractivity contribution in [3.63, 3.8) is 0 Å². The van der Waals surface area contributed by atoms with Crippen molar-refractivity contribution in [1.29, 1.82) is 0 Å². The number of imidazole rings is 1. The summed E-state index contributed by atoms with van der Waals surface area (Å²) in [5.41, 5.74) is 3.06. The molecule has 140 valence electrons. The van der Waals surface area contributed by atoms with Crippen LogP contribution in [0.3, 0.4) is 0 Å². The Labute approximate surface area is 166 Å². The van der Waals surface area contributed by atoms with E-state index in [1.165, 1.54) is 12.1 Å². The van der Waals surface area contributed by atoms with Gasteiger partial charge in [-0.3, -0.25) is 4.79 Å². The van der Waals surface area contributed by atoms with Gasteiger partial charge in [-0.05, 0) is 48.5 Å². The van der Waals surface area contributed by atoms with E-state index in [9.17, 15) is 9.18 Å². The molecule has 0 radical (unpaired) electrons. The summed E-state index contributed by atoms with van der Waals surface area (Å²) in [6.07, 6.45) is 0. The van der Waals surface area contributed by atoms with Crippen LogP contribution in [0.1, 0.15) is 10.4 Å². The Morgan fingerprint density at radius 1 is 1.00 bits per heavy atom. The van der Waals surface area contributed by atoms with Gasteiger partial charge in [0.1, 0.15) is 11.6 Å². The maximum absolute atomic E-state index is 13.3. The number of amides is 1. The lowest BCUT2D eigenvalue weighted by molar-refractivity contribution is 0.0952. The number of benzene rings is 3. The number of carbonyl (C=O) groups excluding carboxylic acids is 1. The summed E-state index contributed by atoms with van der Waals surface area (Å²) < 4.78 is 15.3. The van der Waals surface area contributed by atoms with Crippen LogP contribution in [0.4, 0.5) is 4.39 Å². The number of para-hydroxylation sites is 2. The Kier molecular flexibility index (Phi) is 5.08. The molecule has 3 aromatic carbocycles. The fraction of sp³-hybridized carbons (Fsp3) is 0.0909. The predicted octanol–water partition coefficient (Wildman–Crippen LogP) is 4.93. The fourth-order valence-corrected chi connectivity index (χ4v) is 3.36. The normalized spacial score (nSPS) is 10.9. The first-order valence-electron chi connectivity index (χ1n) is 8.87. The van der Waals surface area contributed by atoms with Crippen LogP contribution in [0.2, 0.25) is 5.02 Å². The number of nitrogens with zero attached hydrogens (tertiary/aromatic N) is 2. The van der Waals surface area contributed by atoms with Crippen LogP contribution in [0.5, 0.6) is 0 Å². The van der Waals surface area contributed by atoms with Crippen molar-refractivity contribution in [2.24, 2.45) is 0 Å². The maximum atomic E-state index is 13.3. The molecule has 4 aromatic rings. The monoisotopic (exact) mass is 393 g/mol. The highest BCUT2D eigenvalue weighted by molar-refractivity contribution is 6.33. The summed E-state index contributed by atoms with van der Waals surface area (Å²) in [5.74, 6) is 0.213. The number of halogens is 2. The highest BCUT2D eigenvalue weighted by Gasteiger charge is 2.14. The van der Waals surface area contributed by atoms with Gasteiger partial charge in [0.2, 0.25) is 0 Å². The van der Waals surface area contributed by atoms with Crippen molar-refractivity contribution >= 4 is 28.5 Å². The average molecular weight is 394 g/mol. The molecule has 0 atom stereocenters. The van der Waals surface area contributed by atoms with E-state index >= 15 is 0 Å². The molecule has 4 nitrogen and oxygen atoms in total. The number of hydrogen-bond acceptors (Lipinski definition) is 2. The molecular formula is C22H17ClFN3O. The van der Waals surface area contributed by atoms with Gasteiger partial charge in [0, 0.05) is 18.7 Å². The van der Waals surface area contributed by atoms with Crippen LogP contribution in [0, 0.1) is 5.82 Å². The van der Waals surface area contributed by atoms with Gasteiger partial charge in [-0.25, -0.2) is 9.37 Å². The Morgan fingerprint density at radius 3 is 2.50 bits per heavy atom. The SMILES string of the molecule is O=C(NCCn1c(-c2ccc(F)cc2)nc2ccccc21)c1ccccc1Cl. The van der Waals surface area contributed by atoms with Crippen molar-refractivity contribution in [1.82, 2.24) is 14.9 Å². The third-order valence-electron chi connectivity index (χ3n) is 4.50. The minimum atomic E-state index is -0.293. The molecule has 1 heterocycles. The van der Waals surface area contributed by atoms with Gasteiger partial charge in [-0.1, -0.05) is 35.9 Å². The Morgan fingerprint density at radius 2 is 1.71 bits per heavy atom. The van der Waals surface area contributed by atoms with E-state index in [-0.39, 0.29) is 11.7 Å². The molecule has 1 N–H and O–H groups in total. The zero-order valence-corrected chi connectivity index (χ0v) is 15.7. The quantitative estimate of drug-likeness (QED) is 0.522. The molecule has 0 unspecified atom stereocenters. The van der Waals surface area contributed by atoms with Gasteiger partial charge >= 0.3 is 0 Å². The van der Waals surface area contributed by atoms with E-state index in [1.807, 2.05) is 28.8 Å². The predicted molar refractivity (Wildman–Crippen MR) is 109 cm³/mol. The third kappa shape index (κ3) is 3.62. The zero-order valence-electron chi connectivity index (χ0n) is 14.9. The highest BCUT2D eigenvalue weighted by atomic mass is 35.5. The summed E-state index contributed by atoms with van der Waals surface area (Å²) in [6, 6.07) is 20.9. The van der Waals surface area contributed by atoms with Crippen LogP contribution in [-0.4, -0.2) is 22.0 Å². The van der Waals surface area contributed by atoms with Crippen LogP contribution >= 0.6 is 11.6 Å². The van der Waals surface area contributed by atoms with E-state index < -0.39 is 0 Å². The smallest absolute Gasteiger partial charge is 0.252 e. The van der Waals surface area contributed by atoms with Gasteiger partial charge < -0.3 is 9.88 Å². The van der Waals surface area contributed by atoms with E-state index in [2.05, 4.69) is 10.3 Å². The first-order chi connectivity index (χ1) is 13.6. The van der Waals surface area contributed by atoms with Crippen molar-refractivity contribution in [3.8, 4) is 11.4 Å². The van der Waals surface area contributed by atoms with Crippen molar-refractivity contribution in [2.75, 3.05) is 6.54 Å². The van der Waals surface area contributed by atoms with E-state index in [0.29, 0.717) is 23.7 Å². The second-order valence-corrected chi connectivity index (χ2v) is 6.73. The van der Waals surface area contributed by atoms with E-state index in [1.54, 1.807) is 36.4 Å². The number of carbonyl (C=O) groups is 1. The van der Waals surface area contributed by atoms with E-state index in [0.717, 1.165) is 22.4 Å². The minimum Gasteiger partial charge on any atom is -0.350 e. The summed E-state index contributed by atoms with van der Waals surface area (Å²) >= 11 is 6.09. The first kappa shape index (κ1) is 18.2. The average Bonchev–Trinajstić information content (AvgIpc) is 3.07. The molecular weight excluding hydrogens is 377 g/mol. The third-order valence-corrected chi connectivity index (χ3v) is 4.83. The number of hydrogen-bond donors (Lipinski definition) is 1. The van der Waals surface area contributed by atoms with Gasteiger partial charge in [0.15, 0.2) is 0 Å². The standard InChI is InChI=1S/C22H17ClFN3O/c23-18-6-2-1-5-17(18)22(28)25-13-14-27-20-8-4-3-7-19(20)26-21(27)15-9-11-16(24)12-10-15/h1-12H,13-14H2,(H,25,28). The highest BCUT2D eigenvalue weighted by Crippen LogP contribution is 2.25. The van der Waals surface area contributed by atoms with Crippen molar-refractivity contribution in [3.05, 3.63) is 89.2 Å². The van der Waals surface area contributed by atoms with Gasteiger partial charge in [0.05, 0.1) is 21.6 Å². The molecule has 1 aromatic heterocycles. The Bertz CT molecular complexity index is 1140. The van der Waals surface area contributed by atoms with Gasteiger partial charge in [-0.15, -0.1) is 0 Å². The number of aromatic nitrogens is 2. The molecule has 28 heavy (non-hydrogen) atoms. The summed E-state index contributed by atoms with van der Waals surface area (Å²) in [7, 11) is 0. The fourth-order valence-electron chi connectivity index (χ4n) is 3.14. The Balaban J connectivity index is 1.59. The molecule has 0 fully saturated rings. The number of rotatable bonds is 5. The van der Waals surface area contributed by atoms with Crippen LogP contribution in [0.25, 0.3) is 22.4 Å². The molecule has 0 aliphatic carbocycles. The topological polar surface area (TPSA) is 46.9 Å². The summed E-state index contributed by atoms with van der Waals surface area (Å²) in [6.45, 7) is 0.919. The molecule has 1 amide bonds. The molecule has 0 bridgehead atoms. The zero-order chi connectivity index (χ0) is 19.5. The van der Waals surface area contributed by atoms with Gasteiger partial charge in [0.25, 0.3) is 5.91 Å². The Hall–Kier alpha value is -3.18. The summed E-state index contributed by atoms with van der Waals surface area (Å²) in [5, 5.41) is 3.32. The first-order valence-corrected chi connectivity index (χ1v) is 9.25. The van der Waals surface area contributed by atoms with Crippen LogP contribution in [-0.2, 0) is 6.54 Å². The van der Waals surface area contributed by atoms with Gasteiger partial charge in [-0.2, -0.15) is 0 Å². The second kappa shape index (κ2) is 7.82. The maximum Gasteiger partial charge on any atom is 0.252 e. The molecule has 6 heteroatoms. The van der Waals surface area contributed by atoms with Crippen LogP contribution in [0.15, 0.2) is 72.8 Å². The molecule has 0 spiro atoms. The molecule has 0 saturated carbocycles. The lowest BCUT2D eigenvalue weighted by atomic mass is 10.2. The lowest BCUT2D eigenvalue weighted by Crippen LogP contribution is -2.27. The molecule has 4 rings (SSSR count). The molecule has 0 aliphatic heterocycles. The van der Waals surface area contributed by atoms with Crippen molar-refractivity contribution in [2.45, 2.75) is 6.54 Å². The lowest BCUT2D eigenvalue weighted by Gasteiger charge is -2.11. The molecule has 0 aliphatic rings. The second-order valence-electron chi connectivity index (χ2n) is 6.32. The van der Waals surface area contributed by atoms with E-state index in [4.69, 9.17) is 11.6 Å². The largest absolute Gasteiger partial charge is 0.350 e. The van der Waals surface area contributed by atoms with Crippen LogP contribution < -0.4 is 5.32 Å². The number of fused-ring (bicyclic) bond motifs is 1. The minimum absolute atomic E-state index is 0.224.